The Morgan fingerprint density at radius 1 is 0.800 bits per heavy atom. The number of nitrogens with zero attached hydrogens (tertiary/aromatic N) is 1. The van der Waals surface area contributed by atoms with Gasteiger partial charge >= 0.3 is 0 Å². The second-order valence-corrected chi connectivity index (χ2v) is 6.88. The average molecular weight is 398 g/mol. The molecule has 3 aromatic rings. The summed E-state index contributed by atoms with van der Waals surface area (Å²) in [6, 6.07) is 26.1. The maximum Gasteiger partial charge on any atom is 0.278 e. The molecule has 1 heterocycles. The molecule has 1 N–H and O–H groups in total. The van der Waals surface area contributed by atoms with Crippen LogP contribution in [0.1, 0.15) is 18.1 Å². The van der Waals surface area contributed by atoms with Crippen molar-refractivity contribution in [1.82, 2.24) is 4.90 Å². The number of ether oxygens (including phenoxy) is 1. The topological polar surface area (TPSA) is 58.6 Å². The lowest BCUT2D eigenvalue weighted by molar-refractivity contribution is -0.137. The zero-order valence-electron chi connectivity index (χ0n) is 16.7. The minimum absolute atomic E-state index is 0.221. The Hall–Kier alpha value is -3.86. The van der Waals surface area contributed by atoms with Crippen molar-refractivity contribution in [1.29, 1.82) is 0 Å². The first kappa shape index (κ1) is 19.5. The standard InChI is InChI=1S/C25H22N2O3/c1-2-30-21-15-13-19(14-16-21)22-23(26-20-11-7-4-8-12-20)25(29)27(24(22)28)17-18-9-5-3-6-10-18/h3-16,26H,2,17H2,1H3. The van der Waals surface area contributed by atoms with Crippen molar-refractivity contribution in [3.8, 4) is 5.75 Å². The minimum Gasteiger partial charge on any atom is -0.494 e. The van der Waals surface area contributed by atoms with Gasteiger partial charge in [-0.3, -0.25) is 14.5 Å². The molecule has 4 rings (SSSR count). The van der Waals surface area contributed by atoms with Gasteiger partial charge in [0, 0.05) is 5.69 Å². The number of hydrogen-bond donors (Lipinski definition) is 1. The summed E-state index contributed by atoms with van der Waals surface area (Å²) >= 11 is 0. The first-order valence-corrected chi connectivity index (χ1v) is 9.87. The van der Waals surface area contributed by atoms with Crippen LogP contribution in [0.2, 0.25) is 0 Å². The summed E-state index contributed by atoms with van der Waals surface area (Å²) in [5.74, 6) is 0.0698. The van der Waals surface area contributed by atoms with E-state index in [1.165, 1.54) is 4.90 Å². The van der Waals surface area contributed by atoms with Gasteiger partial charge in [0.25, 0.3) is 11.8 Å². The molecule has 1 aliphatic rings. The summed E-state index contributed by atoms with van der Waals surface area (Å²) in [6.07, 6.45) is 0. The third-order valence-electron chi connectivity index (χ3n) is 4.85. The Morgan fingerprint density at radius 2 is 1.43 bits per heavy atom. The molecule has 0 aliphatic carbocycles. The Labute approximate surface area is 175 Å². The molecule has 0 radical (unpaired) electrons. The van der Waals surface area contributed by atoms with Crippen LogP contribution >= 0.6 is 0 Å². The molecular weight excluding hydrogens is 376 g/mol. The molecule has 0 atom stereocenters. The number of carbonyl (C=O) groups excluding carboxylic acids is 2. The monoisotopic (exact) mass is 398 g/mol. The highest BCUT2D eigenvalue weighted by Gasteiger charge is 2.39. The Morgan fingerprint density at radius 3 is 2.07 bits per heavy atom. The summed E-state index contributed by atoms with van der Waals surface area (Å²) in [5, 5.41) is 3.16. The first-order valence-electron chi connectivity index (χ1n) is 9.87. The summed E-state index contributed by atoms with van der Waals surface area (Å²) in [7, 11) is 0. The lowest BCUT2D eigenvalue weighted by Gasteiger charge is -2.15. The van der Waals surface area contributed by atoms with E-state index in [1.807, 2.05) is 91.9 Å². The van der Waals surface area contributed by atoms with E-state index in [9.17, 15) is 9.59 Å². The van der Waals surface area contributed by atoms with Crippen LogP contribution in [0.4, 0.5) is 5.69 Å². The van der Waals surface area contributed by atoms with E-state index in [-0.39, 0.29) is 24.1 Å². The summed E-state index contributed by atoms with van der Waals surface area (Å²) in [6.45, 7) is 2.70. The fourth-order valence-corrected chi connectivity index (χ4v) is 3.42. The van der Waals surface area contributed by atoms with Gasteiger partial charge in [-0.1, -0.05) is 60.7 Å². The first-order chi connectivity index (χ1) is 14.7. The maximum atomic E-state index is 13.3. The van der Waals surface area contributed by atoms with Gasteiger partial charge in [0.1, 0.15) is 11.4 Å². The maximum absolute atomic E-state index is 13.3. The highest BCUT2D eigenvalue weighted by molar-refractivity contribution is 6.36. The van der Waals surface area contributed by atoms with Crippen LogP contribution in [0.3, 0.4) is 0 Å². The van der Waals surface area contributed by atoms with Crippen molar-refractivity contribution in [3.05, 3.63) is 102 Å². The number of amides is 2. The van der Waals surface area contributed by atoms with Crippen LogP contribution in [-0.4, -0.2) is 23.3 Å². The SMILES string of the molecule is CCOc1ccc(C2=C(Nc3ccccc3)C(=O)N(Cc3ccccc3)C2=O)cc1. The second kappa shape index (κ2) is 8.66. The molecule has 5 heteroatoms. The lowest BCUT2D eigenvalue weighted by atomic mass is 10.0. The van der Waals surface area contributed by atoms with Gasteiger partial charge in [-0.2, -0.15) is 0 Å². The van der Waals surface area contributed by atoms with Crippen molar-refractivity contribution in [2.75, 3.05) is 11.9 Å². The average Bonchev–Trinajstić information content (AvgIpc) is 3.00. The van der Waals surface area contributed by atoms with Crippen molar-refractivity contribution < 1.29 is 14.3 Å². The van der Waals surface area contributed by atoms with E-state index < -0.39 is 0 Å². The quantitative estimate of drug-likeness (QED) is 0.596. The van der Waals surface area contributed by atoms with E-state index in [1.54, 1.807) is 0 Å². The van der Waals surface area contributed by atoms with Gasteiger partial charge in [0.2, 0.25) is 0 Å². The number of carbonyl (C=O) groups is 2. The molecule has 0 saturated carbocycles. The lowest BCUT2D eigenvalue weighted by Crippen LogP contribution is -2.31. The van der Waals surface area contributed by atoms with E-state index in [0.29, 0.717) is 17.7 Å². The molecular formula is C25H22N2O3. The number of hydrogen-bond acceptors (Lipinski definition) is 4. The normalized spacial score (nSPS) is 13.7. The highest BCUT2D eigenvalue weighted by Crippen LogP contribution is 2.32. The van der Waals surface area contributed by atoms with E-state index in [0.717, 1.165) is 17.0 Å². The van der Waals surface area contributed by atoms with Crippen molar-refractivity contribution in [2.24, 2.45) is 0 Å². The molecule has 150 valence electrons. The predicted octanol–water partition coefficient (Wildman–Crippen LogP) is 4.48. The zero-order valence-corrected chi connectivity index (χ0v) is 16.7. The number of nitrogens with one attached hydrogen (secondary N) is 1. The number of benzene rings is 3. The summed E-state index contributed by atoms with van der Waals surface area (Å²) in [4.78, 5) is 27.8. The van der Waals surface area contributed by atoms with Crippen LogP contribution in [-0.2, 0) is 16.1 Å². The smallest absolute Gasteiger partial charge is 0.278 e. The molecule has 30 heavy (non-hydrogen) atoms. The van der Waals surface area contributed by atoms with Crippen LogP contribution in [0.25, 0.3) is 5.57 Å². The highest BCUT2D eigenvalue weighted by atomic mass is 16.5. The van der Waals surface area contributed by atoms with Crippen molar-refractivity contribution in [3.63, 3.8) is 0 Å². The third kappa shape index (κ3) is 3.96. The fourth-order valence-electron chi connectivity index (χ4n) is 3.42. The van der Waals surface area contributed by atoms with Crippen molar-refractivity contribution >= 4 is 23.1 Å². The van der Waals surface area contributed by atoms with E-state index >= 15 is 0 Å². The van der Waals surface area contributed by atoms with Gasteiger partial charge < -0.3 is 10.1 Å². The third-order valence-corrected chi connectivity index (χ3v) is 4.85. The zero-order chi connectivity index (χ0) is 20.9. The fraction of sp³-hybridized carbons (Fsp3) is 0.120. The number of para-hydroxylation sites is 1. The molecule has 5 nitrogen and oxygen atoms in total. The Kier molecular flexibility index (Phi) is 5.61. The molecule has 0 saturated heterocycles. The summed E-state index contributed by atoms with van der Waals surface area (Å²) in [5.41, 5.74) is 2.96. The minimum atomic E-state index is -0.336. The predicted molar refractivity (Wildman–Crippen MR) is 117 cm³/mol. The van der Waals surface area contributed by atoms with Crippen LogP contribution in [0.5, 0.6) is 5.75 Å². The number of anilines is 1. The van der Waals surface area contributed by atoms with Crippen LogP contribution in [0.15, 0.2) is 90.6 Å². The molecule has 3 aromatic carbocycles. The largest absolute Gasteiger partial charge is 0.494 e. The molecule has 0 aromatic heterocycles. The van der Waals surface area contributed by atoms with Gasteiger partial charge in [0.15, 0.2) is 0 Å². The van der Waals surface area contributed by atoms with Gasteiger partial charge in [-0.15, -0.1) is 0 Å². The van der Waals surface area contributed by atoms with Gasteiger partial charge in [0.05, 0.1) is 18.7 Å². The molecule has 2 amide bonds. The van der Waals surface area contributed by atoms with Crippen molar-refractivity contribution in [2.45, 2.75) is 13.5 Å². The second-order valence-electron chi connectivity index (χ2n) is 6.88. The van der Waals surface area contributed by atoms with Gasteiger partial charge in [-0.05, 0) is 42.3 Å². The van der Waals surface area contributed by atoms with Gasteiger partial charge in [-0.25, -0.2) is 0 Å². The number of rotatable bonds is 7. The molecule has 0 unspecified atom stereocenters. The van der Waals surface area contributed by atoms with E-state index in [4.69, 9.17) is 4.74 Å². The molecule has 0 spiro atoms. The Balaban J connectivity index is 1.71. The molecule has 1 aliphatic heterocycles. The molecule has 0 bridgehead atoms. The van der Waals surface area contributed by atoms with E-state index in [2.05, 4.69) is 5.32 Å². The Bertz CT molecular complexity index is 1070. The summed E-state index contributed by atoms with van der Waals surface area (Å²) < 4.78 is 5.50. The number of imide groups is 1. The van der Waals surface area contributed by atoms with Crippen LogP contribution < -0.4 is 10.1 Å². The van der Waals surface area contributed by atoms with Crippen LogP contribution in [0, 0.1) is 0 Å². The molecule has 0 fully saturated rings.